The van der Waals surface area contributed by atoms with Crippen molar-refractivity contribution in [1.29, 1.82) is 0 Å². The second-order valence-corrected chi connectivity index (χ2v) is 3.37. The topological polar surface area (TPSA) is 91.7 Å². The van der Waals surface area contributed by atoms with Gasteiger partial charge in [-0.15, -0.1) is 0 Å². The lowest BCUT2D eigenvalue weighted by Crippen LogP contribution is -2.09. The molecule has 0 bridgehead atoms. The lowest BCUT2D eigenvalue weighted by Gasteiger charge is -2.04. The monoisotopic (exact) mass is 222 g/mol. The van der Waals surface area contributed by atoms with Gasteiger partial charge in [0.2, 0.25) is 0 Å². The van der Waals surface area contributed by atoms with Gasteiger partial charge in [-0.2, -0.15) is 0 Å². The van der Waals surface area contributed by atoms with E-state index in [9.17, 15) is 14.4 Å². The largest absolute Gasteiger partial charge is 0.478 e. The fraction of sp³-hybridized carbons (Fsp3) is 0.182. The van der Waals surface area contributed by atoms with E-state index in [4.69, 9.17) is 10.2 Å². The van der Waals surface area contributed by atoms with Crippen LogP contribution in [0.15, 0.2) is 18.2 Å². The molecule has 0 spiro atoms. The third-order valence-corrected chi connectivity index (χ3v) is 2.00. The molecule has 0 saturated heterocycles. The molecule has 16 heavy (non-hydrogen) atoms. The number of hydrogen-bond donors (Lipinski definition) is 2. The molecule has 0 heterocycles. The van der Waals surface area contributed by atoms with E-state index in [0.717, 1.165) is 0 Å². The van der Waals surface area contributed by atoms with Gasteiger partial charge in [0.05, 0.1) is 11.1 Å². The molecule has 1 aromatic carbocycles. The first-order valence-electron chi connectivity index (χ1n) is 4.50. The van der Waals surface area contributed by atoms with Crippen molar-refractivity contribution in [3.8, 4) is 0 Å². The summed E-state index contributed by atoms with van der Waals surface area (Å²) in [4.78, 5) is 32.4. The van der Waals surface area contributed by atoms with E-state index in [2.05, 4.69) is 0 Å². The van der Waals surface area contributed by atoms with Gasteiger partial charge < -0.3 is 10.2 Å². The summed E-state index contributed by atoms with van der Waals surface area (Å²) >= 11 is 0. The fourth-order valence-electron chi connectivity index (χ4n) is 1.35. The van der Waals surface area contributed by atoms with E-state index in [-0.39, 0.29) is 23.3 Å². The summed E-state index contributed by atoms with van der Waals surface area (Å²) < 4.78 is 0. The maximum Gasteiger partial charge on any atom is 0.336 e. The molecule has 2 N–H and O–H groups in total. The zero-order valence-corrected chi connectivity index (χ0v) is 8.56. The Morgan fingerprint density at radius 2 is 1.62 bits per heavy atom. The molecule has 0 atom stereocenters. The molecule has 0 amide bonds. The molecule has 84 valence electrons. The first-order chi connectivity index (χ1) is 7.41. The Kier molecular flexibility index (Phi) is 3.40. The van der Waals surface area contributed by atoms with E-state index < -0.39 is 11.9 Å². The van der Waals surface area contributed by atoms with Gasteiger partial charge in [0.25, 0.3) is 0 Å². The van der Waals surface area contributed by atoms with Crippen LogP contribution in [0.4, 0.5) is 0 Å². The third-order valence-electron chi connectivity index (χ3n) is 2.00. The van der Waals surface area contributed by atoms with Crippen LogP contribution in [0.25, 0.3) is 0 Å². The van der Waals surface area contributed by atoms with Gasteiger partial charge in [0.1, 0.15) is 5.78 Å². The number of carboxylic acid groups (broad SMARTS) is 2. The highest BCUT2D eigenvalue weighted by Crippen LogP contribution is 2.13. The first-order valence-corrected chi connectivity index (χ1v) is 4.50. The summed E-state index contributed by atoms with van der Waals surface area (Å²) in [7, 11) is 0. The minimum absolute atomic E-state index is 0.0974. The molecule has 0 saturated carbocycles. The Morgan fingerprint density at radius 3 is 2.06 bits per heavy atom. The van der Waals surface area contributed by atoms with Crippen LogP contribution in [0.5, 0.6) is 0 Å². The third kappa shape index (κ3) is 2.66. The van der Waals surface area contributed by atoms with Crippen molar-refractivity contribution in [1.82, 2.24) is 0 Å². The highest BCUT2D eigenvalue weighted by atomic mass is 16.4. The van der Waals surface area contributed by atoms with Gasteiger partial charge in [-0.1, -0.05) is 6.07 Å². The van der Waals surface area contributed by atoms with Gasteiger partial charge in [0.15, 0.2) is 0 Å². The number of Topliss-reactive ketones (excluding diaryl/α,β-unsaturated/α-hetero) is 1. The number of carboxylic acids is 2. The molecular formula is C11H10O5. The smallest absolute Gasteiger partial charge is 0.336 e. The normalized spacial score (nSPS) is 9.81. The van der Waals surface area contributed by atoms with Crippen LogP contribution in [0.2, 0.25) is 0 Å². The van der Waals surface area contributed by atoms with Crippen molar-refractivity contribution in [3.05, 3.63) is 34.9 Å². The molecule has 0 aliphatic rings. The lowest BCUT2D eigenvalue weighted by atomic mass is 10.0. The summed E-state index contributed by atoms with van der Waals surface area (Å²) in [6, 6.07) is 3.86. The van der Waals surface area contributed by atoms with Crippen LogP contribution in [0, 0.1) is 0 Å². The number of benzene rings is 1. The maximum atomic E-state index is 10.8. The number of hydrogen-bond acceptors (Lipinski definition) is 3. The highest BCUT2D eigenvalue weighted by Gasteiger charge is 2.16. The Hall–Kier alpha value is -2.17. The molecule has 0 aliphatic heterocycles. The predicted octanol–water partition coefficient (Wildman–Crippen LogP) is 1.21. The van der Waals surface area contributed by atoms with Crippen molar-refractivity contribution < 1.29 is 24.6 Å². The second-order valence-electron chi connectivity index (χ2n) is 3.37. The van der Waals surface area contributed by atoms with Gasteiger partial charge in [-0.3, -0.25) is 4.79 Å². The zero-order valence-electron chi connectivity index (χ0n) is 8.56. The molecule has 5 nitrogen and oxygen atoms in total. The molecule has 5 heteroatoms. The Labute approximate surface area is 91.3 Å². The molecule has 0 aromatic heterocycles. The molecule has 0 aliphatic carbocycles. The van der Waals surface area contributed by atoms with Crippen molar-refractivity contribution in [3.63, 3.8) is 0 Å². The van der Waals surface area contributed by atoms with E-state index in [1.165, 1.54) is 25.1 Å². The van der Waals surface area contributed by atoms with Crippen LogP contribution in [0.1, 0.15) is 33.2 Å². The van der Waals surface area contributed by atoms with Crippen LogP contribution in [-0.2, 0) is 11.2 Å². The van der Waals surface area contributed by atoms with Gasteiger partial charge in [-0.25, -0.2) is 9.59 Å². The van der Waals surface area contributed by atoms with E-state index in [1.807, 2.05) is 0 Å². The molecule has 0 radical (unpaired) electrons. The first kappa shape index (κ1) is 11.9. The molecule has 0 unspecified atom stereocenters. The van der Waals surface area contributed by atoms with Crippen LogP contribution in [-0.4, -0.2) is 27.9 Å². The average molecular weight is 222 g/mol. The molecular weight excluding hydrogens is 212 g/mol. The van der Waals surface area contributed by atoms with Gasteiger partial charge in [0, 0.05) is 6.42 Å². The average Bonchev–Trinajstić information content (AvgIpc) is 2.16. The predicted molar refractivity (Wildman–Crippen MR) is 54.7 cm³/mol. The van der Waals surface area contributed by atoms with Crippen molar-refractivity contribution in [2.45, 2.75) is 13.3 Å². The summed E-state index contributed by atoms with van der Waals surface area (Å²) in [5, 5.41) is 17.6. The summed E-state index contributed by atoms with van der Waals surface area (Å²) in [5.74, 6) is -2.73. The minimum atomic E-state index is -1.32. The number of rotatable bonds is 4. The number of carbonyl (C=O) groups is 3. The number of carbonyl (C=O) groups excluding carboxylic acids is 1. The van der Waals surface area contributed by atoms with Crippen molar-refractivity contribution in [2.24, 2.45) is 0 Å². The summed E-state index contributed by atoms with van der Waals surface area (Å²) in [6.45, 7) is 1.38. The van der Waals surface area contributed by atoms with Gasteiger partial charge in [-0.05, 0) is 24.6 Å². The van der Waals surface area contributed by atoms with Crippen molar-refractivity contribution >= 4 is 17.7 Å². The fourth-order valence-corrected chi connectivity index (χ4v) is 1.35. The molecule has 1 aromatic rings. The summed E-state index contributed by atoms with van der Waals surface area (Å²) in [5.41, 5.74) is -0.0825. The van der Waals surface area contributed by atoms with Crippen LogP contribution >= 0.6 is 0 Å². The quantitative estimate of drug-likeness (QED) is 0.798. The Morgan fingerprint density at radius 1 is 1.06 bits per heavy atom. The van der Waals surface area contributed by atoms with Crippen molar-refractivity contribution in [2.75, 3.05) is 0 Å². The zero-order chi connectivity index (χ0) is 12.3. The Balaban J connectivity index is 3.22. The van der Waals surface area contributed by atoms with E-state index in [0.29, 0.717) is 5.56 Å². The SMILES string of the molecule is CC(=O)Cc1ccc(C(=O)O)c(C(=O)O)c1. The highest BCUT2D eigenvalue weighted by molar-refractivity contribution is 6.02. The standard InChI is InChI=1S/C11H10O5/c1-6(12)4-7-2-3-8(10(13)14)9(5-7)11(15)16/h2-3,5H,4H2,1H3,(H,13,14)(H,15,16). The lowest BCUT2D eigenvalue weighted by molar-refractivity contribution is -0.116. The summed E-state index contributed by atoms with van der Waals surface area (Å²) in [6.07, 6.45) is 0.0974. The van der Waals surface area contributed by atoms with E-state index in [1.54, 1.807) is 0 Å². The number of aromatic carboxylic acids is 2. The minimum Gasteiger partial charge on any atom is -0.478 e. The molecule has 1 rings (SSSR count). The Bertz CT molecular complexity index is 461. The van der Waals surface area contributed by atoms with Gasteiger partial charge >= 0.3 is 11.9 Å². The second kappa shape index (κ2) is 4.57. The van der Waals surface area contributed by atoms with E-state index >= 15 is 0 Å². The molecule has 0 fully saturated rings. The van der Waals surface area contributed by atoms with Crippen LogP contribution < -0.4 is 0 Å². The van der Waals surface area contributed by atoms with Crippen LogP contribution in [0.3, 0.4) is 0 Å². The maximum absolute atomic E-state index is 10.8. The number of ketones is 1.